The van der Waals surface area contributed by atoms with Crippen molar-refractivity contribution in [3.05, 3.63) is 64.4 Å². The molecule has 0 aliphatic heterocycles. The van der Waals surface area contributed by atoms with E-state index in [1.54, 1.807) is 0 Å². The molecule has 0 aliphatic carbocycles. The topological polar surface area (TPSA) is 32.3 Å². The lowest BCUT2D eigenvalue weighted by molar-refractivity contribution is -0.117. The monoisotopic (exact) mass is 348 g/mol. The van der Waals surface area contributed by atoms with E-state index in [4.69, 9.17) is 11.6 Å². The van der Waals surface area contributed by atoms with E-state index in [0.717, 1.165) is 5.56 Å². The average Bonchev–Trinajstić information content (AvgIpc) is 2.50. The molecule has 0 unspecified atom stereocenters. The average molecular weight is 349 g/mol. The molecule has 1 amide bonds. The van der Waals surface area contributed by atoms with Crippen LogP contribution in [0.2, 0.25) is 5.02 Å². The minimum Gasteiger partial charge on any atom is -0.324 e. The summed E-state index contributed by atoms with van der Waals surface area (Å²) in [7, 11) is 1.88. The number of benzene rings is 2. The van der Waals surface area contributed by atoms with Gasteiger partial charge in [-0.3, -0.25) is 9.69 Å². The summed E-state index contributed by atoms with van der Waals surface area (Å²) in [6.45, 7) is 5.21. The van der Waals surface area contributed by atoms with Gasteiger partial charge in [-0.25, -0.2) is 4.39 Å². The molecule has 0 spiro atoms. The lowest BCUT2D eigenvalue weighted by atomic mass is 10.0. The fourth-order valence-corrected chi connectivity index (χ4v) is 2.62. The maximum atomic E-state index is 13.0. The van der Waals surface area contributed by atoms with Crippen LogP contribution >= 0.6 is 11.6 Å². The molecule has 0 aliphatic rings. The fraction of sp³-hybridized carbons (Fsp3) is 0.316. The van der Waals surface area contributed by atoms with Crippen LogP contribution in [0.15, 0.2) is 42.5 Å². The third kappa shape index (κ3) is 5.32. The predicted octanol–water partition coefficient (Wildman–Crippen LogP) is 4.67. The van der Waals surface area contributed by atoms with E-state index < -0.39 is 5.82 Å². The Kier molecular flexibility index (Phi) is 6.35. The summed E-state index contributed by atoms with van der Waals surface area (Å²) in [5.74, 6) is -0.118. The van der Waals surface area contributed by atoms with Gasteiger partial charge in [-0.2, -0.15) is 0 Å². The molecule has 0 saturated carbocycles. The first-order chi connectivity index (χ1) is 11.3. The van der Waals surface area contributed by atoms with Crippen LogP contribution < -0.4 is 5.32 Å². The van der Waals surface area contributed by atoms with E-state index in [-0.39, 0.29) is 17.5 Å². The van der Waals surface area contributed by atoms with Crippen molar-refractivity contribution in [3.8, 4) is 0 Å². The smallest absolute Gasteiger partial charge is 0.238 e. The van der Waals surface area contributed by atoms with Crippen LogP contribution in [0.5, 0.6) is 0 Å². The van der Waals surface area contributed by atoms with Crippen molar-refractivity contribution in [2.45, 2.75) is 26.3 Å². The number of nitrogens with one attached hydrogen (secondary N) is 1. The standard InChI is InChI=1S/C19H22ClFN2O/c1-13(2)15-6-4-14(5-7-15)11-23(3)12-19(24)22-18-9-8-16(21)10-17(18)20/h4-10,13H,11-12H2,1-3H3,(H,22,24). The second-order valence-electron chi connectivity index (χ2n) is 6.24. The Hall–Kier alpha value is -1.91. The van der Waals surface area contributed by atoms with Gasteiger partial charge in [0.1, 0.15) is 5.82 Å². The summed E-state index contributed by atoms with van der Waals surface area (Å²) in [5, 5.41) is 2.89. The van der Waals surface area contributed by atoms with E-state index in [1.807, 2.05) is 11.9 Å². The van der Waals surface area contributed by atoms with Gasteiger partial charge in [0.25, 0.3) is 0 Å². The van der Waals surface area contributed by atoms with Crippen molar-refractivity contribution in [2.75, 3.05) is 18.9 Å². The zero-order chi connectivity index (χ0) is 17.7. The molecule has 1 N–H and O–H groups in total. The third-order valence-electron chi connectivity index (χ3n) is 3.72. The molecule has 0 heterocycles. The van der Waals surface area contributed by atoms with Crippen molar-refractivity contribution < 1.29 is 9.18 Å². The number of hydrogen-bond acceptors (Lipinski definition) is 2. The van der Waals surface area contributed by atoms with Gasteiger partial charge in [-0.1, -0.05) is 49.7 Å². The lowest BCUT2D eigenvalue weighted by Gasteiger charge is -2.17. The molecule has 0 bridgehead atoms. The van der Waals surface area contributed by atoms with E-state index in [9.17, 15) is 9.18 Å². The number of halogens is 2. The number of nitrogens with zero attached hydrogens (tertiary/aromatic N) is 1. The number of rotatable bonds is 6. The predicted molar refractivity (Wildman–Crippen MR) is 96.9 cm³/mol. The number of hydrogen-bond donors (Lipinski definition) is 1. The Labute approximate surface area is 147 Å². The highest BCUT2D eigenvalue weighted by molar-refractivity contribution is 6.33. The van der Waals surface area contributed by atoms with Crippen molar-refractivity contribution in [1.29, 1.82) is 0 Å². The van der Waals surface area contributed by atoms with Gasteiger partial charge in [0.2, 0.25) is 5.91 Å². The van der Waals surface area contributed by atoms with Gasteiger partial charge in [0.15, 0.2) is 0 Å². The molecule has 128 valence electrons. The van der Waals surface area contributed by atoms with Crippen molar-refractivity contribution in [1.82, 2.24) is 4.90 Å². The molecule has 3 nitrogen and oxygen atoms in total. The first kappa shape index (κ1) is 18.4. The largest absolute Gasteiger partial charge is 0.324 e. The molecule has 24 heavy (non-hydrogen) atoms. The molecule has 0 atom stereocenters. The number of carbonyl (C=O) groups excluding carboxylic acids is 1. The summed E-state index contributed by atoms with van der Waals surface area (Å²) in [4.78, 5) is 14.0. The molecule has 5 heteroatoms. The Balaban J connectivity index is 1.89. The highest BCUT2D eigenvalue weighted by atomic mass is 35.5. The molecule has 0 fully saturated rings. The lowest BCUT2D eigenvalue weighted by Crippen LogP contribution is -2.29. The van der Waals surface area contributed by atoms with Crippen molar-refractivity contribution in [2.24, 2.45) is 0 Å². The zero-order valence-corrected chi connectivity index (χ0v) is 14.9. The molecule has 0 aromatic heterocycles. The summed E-state index contributed by atoms with van der Waals surface area (Å²) >= 11 is 5.91. The summed E-state index contributed by atoms with van der Waals surface area (Å²) in [6, 6.07) is 12.3. The van der Waals surface area contributed by atoms with Crippen LogP contribution in [0.3, 0.4) is 0 Å². The fourth-order valence-electron chi connectivity index (χ4n) is 2.40. The van der Waals surface area contributed by atoms with Gasteiger partial charge in [-0.15, -0.1) is 0 Å². The Morgan fingerprint density at radius 3 is 2.46 bits per heavy atom. The zero-order valence-electron chi connectivity index (χ0n) is 14.1. The van der Waals surface area contributed by atoms with Crippen LogP contribution in [0.4, 0.5) is 10.1 Å². The Morgan fingerprint density at radius 1 is 1.21 bits per heavy atom. The maximum absolute atomic E-state index is 13.0. The van der Waals surface area contributed by atoms with E-state index in [0.29, 0.717) is 18.2 Å². The summed E-state index contributed by atoms with van der Waals surface area (Å²) in [5.41, 5.74) is 2.86. The van der Waals surface area contributed by atoms with E-state index in [2.05, 4.69) is 43.4 Å². The highest BCUT2D eigenvalue weighted by Gasteiger charge is 2.10. The Bertz CT molecular complexity index is 701. The molecular weight excluding hydrogens is 327 g/mol. The van der Waals surface area contributed by atoms with Gasteiger partial charge in [0, 0.05) is 6.54 Å². The highest BCUT2D eigenvalue weighted by Crippen LogP contribution is 2.22. The first-order valence-electron chi connectivity index (χ1n) is 7.87. The SMILES string of the molecule is CC(C)c1ccc(CN(C)CC(=O)Nc2ccc(F)cc2Cl)cc1. The van der Waals surface area contributed by atoms with E-state index in [1.165, 1.54) is 23.8 Å². The molecular formula is C19H22ClFN2O. The van der Waals surface area contributed by atoms with Gasteiger partial charge >= 0.3 is 0 Å². The number of carbonyl (C=O) groups is 1. The summed E-state index contributed by atoms with van der Waals surface area (Å²) < 4.78 is 13.0. The van der Waals surface area contributed by atoms with Gasteiger partial charge < -0.3 is 5.32 Å². The minimum atomic E-state index is -0.431. The third-order valence-corrected chi connectivity index (χ3v) is 4.03. The number of likely N-dealkylation sites (N-methyl/N-ethyl adjacent to an activating group) is 1. The molecule has 2 aromatic rings. The van der Waals surface area contributed by atoms with Crippen LogP contribution in [0.25, 0.3) is 0 Å². The first-order valence-corrected chi connectivity index (χ1v) is 8.25. The Morgan fingerprint density at radius 2 is 1.88 bits per heavy atom. The molecule has 2 aromatic carbocycles. The van der Waals surface area contributed by atoms with Gasteiger partial charge in [0.05, 0.1) is 17.3 Å². The number of amides is 1. The maximum Gasteiger partial charge on any atom is 0.238 e. The second kappa shape index (κ2) is 8.27. The summed E-state index contributed by atoms with van der Waals surface area (Å²) in [6.07, 6.45) is 0. The quantitative estimate of drug-likeness (QED) is 0.822. The van der Waals surface area contributed by atoms with Crippen molar-refractivity contribution in [3.63, 3.8) is 0 Å². The van der Waals surface area contributed by atoms with E-state index >= 15 is 0 Å². The normalized spacial score (nSPS) is 11.1. The van der Waals surface area contributed by atoms with Crippen LogP contribution in [0.1, 0.15) is 30.9 Å². The minimum absolute atomic E-state index is 0.190. The van der Waals surface area contributed by atoms with Crippen LogP contribution in [0, 0.1) is 5.82 Å². The molecule has 2 rings (SSSR count). The molecule has 0 saturated heterocycles. The van der Waals surface area contributed by atoms with Crippen LogP contribution in [-0.2, 0) is 11.3 Å². The van der Waals surface area contributed by atoms with Crippen LogP contribution in [-0.4, -0.2) is 24.4 Å². The van der Waals surface area contributed by atoms with Crippen molar-refractivity contribution >= 4 is 23.2 Å². The molecule has 0 radical (unpaired) electrons. The van der Waals surface area contributed by atoms with Gasteiger partial charge in [-0.05, 0) is 42.3 Å². The number of anilines is 1. The second-order valence-corrected chi connectivity index (χ2v) is 6.65.